The molecule has 1 aliphatic rings. The number of hydrogen-bond acceptors (Lipinski definition) is 2. The minimum Gasteiger partial charge on any atom is -0.338 e. The van der Waals surface area contributed by atoms with Crippen molar-refractivity contribution in [3.05, 3.63) is 34.6 Å². The average molecular weight is 271 g/mol. The smallest absolute Gasteiger partial charge is 0.253 e. The van der Waals surface area contributed by atoms with Crippen molar-refractivity contribution >= 4 is 17.5 Å². The van der Waals surface area contributed by atoms with Crippen LogP contribution in [0.3, 0.4) is 0 Å². The van der Waals surface area contributed by atoms with Crippen LogP contribution in [-0.4, -0.2) is 29.9 Å². The van der Waals surface area contributed by atoms with Crippen LogP contribution in [0.2, 0.25) is 5.02 Å². The second-order valence-electron chi connectivity index (χ2n) is 4.81. The molecule has 2 rings (SSSR count). The van der Waals surface area contributed by atoms with Gasteiger partial charge < -0.3 is 10.6 Å². The van der Waals surface area contributed by atoms with Crippen molar-refractivity contribution in [2.45, 2.75) is 19.4 Å². The molecule has 1 heterocycles. The Balaban J connectivity index is 2.14. The number of hydrogen-bond donors (Lipinski definition) is 1. The predicted octanol–water partition coefficient (Wildman–Crippen LogP) is 2.29. The second-order valence-corrected chi connectivity index (χ2v) is 5.22. The van der Waals surface area contributed by atoms with E-state index in [-0.39, 0.29) is 22.9 Å². The molecule has 5 heteroatoms. The monoisotopic (exact) mass is 270 g/mol. The number of carbonyl (C=O) groups is 1. The third-order valence-corrected chi connectivity index (χ3v) is 3.73. The van der Waals surface area contributed by atoms with Gasteiger partial charge in [0.15, 0.2) is 0 Å². The van der Waals surface area contributed by atoms with Crippen LogP contribution in [0.5, 0.6) is 0 Å². The van der Waals surface area contributed by atoms with Crippen LogP contribution in [-0.2, 0) is 0 Å². The molecule has 2 unspecified atom stereocenters. The highest BCUT2D eigenvalue weighted by molar-refractivity contribution is 6.30. The molecule has 1 saturated heterocycles. The first kappa shape index (κ1) is 13.3. The van der Waals surface area contributed by atoms with E-state index >= 15 is 0 Å². The van der Waals surface area contributed by atoms with Crippen LogP contribution < -0.4 is 5.73 Å². The first-order valence-corrected chi connectivity index (χ1v) is 6.36. The maximum atomic E-state index is 13.3. The van der Waals surface area contributed by atoms with Crippen molar-refractivity contribution in [1.29, 1.82) is 0 Å². The van der Waals surface area contributed by atoms with Crippen LogP contribution in [0, 0.1) is 11.7 Å². The minimum atomic E-state index is -0.565. The van der Waals surface area contributed by atoms with Gasteiger partial charge in [-0.25, -0.2) is 4.39 Å². The number of rotatable bonds is 1. The summed E-state index contributed by atoms with van der Waals surface area (Å²) in [7, 11) is 0. The highest BCUT2D eigenvalue weighted by Gasteiger charge is 2.27. The number of amides is 1. The van der Waals surface area contributed by atoms with Crippen LogP contribution in [0.1, 0.15) is 23.7 Å². The van der Waals surface area contributed by atoms with E-state index in [4.69, 9.17) is 17.3 Å². The second kappa shape index (κ2) is 5.24. The summed E-state index contributed by atoms with van der Waals surface area (Å²) in [4.78, 5) is 13.9. The highest BCUT2D eigenvalue weighted by Crippen LogP contribution is 2.20. The number of carbonyl (C=O) groups excluding carboxylic acids is 1. The van der Waals surface area contributed by atoms with E-state index in [1.165, 1.54) is 12.1 Å². The summed E-state index contributed by atoms with van der Waals surface area (Å²) in [6, 6.07) is 4.27. The summed E-state index contributed by atoms with van der Waals surface area (Å²) in [6.07, 6.45) is 0.781. The summed E-state index contributed by atoms with van der Waals surface area (Å²) in [5.74, 6) is -0.464. The van der Waals surface area contributed by atoms with Crippen molar-refractivity contribution in [3.8, 4) is 0 Å². The number of halogens is 2. The third-order valence-electron chi connectivity index (χ3n) is 3.43. The largest absolute Gasteiger partial charge is 0.338 e. The van der Waals surface area contributed by atoms with Gasteiger partial charge in [0.2, 0.25) is 0 Å². The molecular weight excluding hydrogens is 255 g/mol. The van der Waals surface area contributed by atoms with Crippen LogP contribution in [0.15, 0.2) is 18.2 Å². The van der Waals surface area contributed by atoms with Gasteiger partial charge >= 0.3 is 0 Å². The molecule has 0 spiro atoms. The molecular formula is C13H16ClFN2O. The molecule has 1 aromatic carbocycles. The number of nitrogens with two attached hydrogens (primary N) is 1. The van der Waals surface area contributed by atoms with Gasteiger partial charge in [0.25, 0.3) is 5.91 Å². The number of piperidine rings is 1. The van der Waals surface area contributed by atoms with Crippen molar-refractivity contribution in [2.24, 2.45) is 11.7 Å². The maximum Gasteiger partial charge on any atom is 0.253 e. The molecule has 3 nitrogen and oxygen atoms in total. The third kappa shape index (κ3) is 2.65. The van der Waals surface area contributed by atoms with E-state index in [1.807, 2.05) is 6.92 Å². The summed E-state index contributed by atoms with van der Waals surface area (Å²) < 4.78 is 13.3. The van der Waals surface area contributed by atoms with Gasteiger partial charge in [-0.1, -0.05) is 18.5 Å². The molecule has 1 fully saturated rings. The molecule has 1 aromatic rings. The highest BCUT2D eigenvalue weighted by atomic mass is 35.5. The Morgan fingerprint density at radius 3 is 2.89 bits per heavy atom. The molecule has 0 aliphatic carbocycles. The van der Waals surface area contributed by atoms with E-state index in [0.717, 1.165) is 6.42 Å². The molecule has 0 radical (unpaired) electrons. The van der Waals surface area contributed by atoms with E-state index in [0.29, 0.717) is 18.7 Å². The summed E-state index contributed by atoms with van der Waals surface area (Å²) >= 11 is 5.60. The van der Waals surface area contributed by atoms with E-state index in [2.05, 4.69) is 0 Å². The van der Waals surface area contributed by atoms with Crippen molar-refractivity contribution in [3.63, 3.8) is 0 Å². The van der Waals surface area contributed by atoms with Gasteiger partial charge in [0, 0.05) is 24.7 Å². The first-order chi connectivity index (χ1) is 8.49. The van der Waals surface area contributed by atoms with Gasteiger partial charge in [-0.3, -0.25) is 4.79 Å². The fraction of sp³-hybridized carbons (Fsp3) is 0.462. The molecule has 98 valence electrons. The zero-order valence-corrected chi connectivity index (χ0v) is 11.0. The van der Waals surface area contributed by atoms with Crippen molar-refractivity contribution in [1.82, 2.24) is 4.90 Å². The standard InChI is InChI=1S/C13H16ClFN2O/c1-8-7-17(5-4-12(8)16)13(18)9-2-3-10(14)11(15)6-9/h2-3,6,8,12H,4-5,7,16H2,1H3. The Labute approximate surface area is 111 Å². The minimum absolute atomic E-state index is 0.0283. The van der Waals surface area contributed by atoms with Gasteiger partial charge in [-0.15, -0.1) is 0 Å². The van der Waals surface area contributed by atoms with Crippen LogP contribution in [0.4, 0.5) is 4.39 Å². The molecule has 18 heavy (non-hydrogen) atoms. The lowest BCUT2D eigenvalue weighted by atomic mass is 9.94. The zero-order valence-electron chi connectivity index (χ0n) is 10.2. The Morgan fingerprint density at radius 1 is 1.56 bits per heavy atom. The van der Waals surface area contributed by atoms with Gasteiger partial charge in [-0.2, -0.15) is 0 Å². The fourth-order valence-electron chi connectivity index (χ4n) is 2.16. The molecule has 2 atom stereocenters. The molecule has 2 N–H and O–H groups in total. The van der Waals surface area contributed by atoms with Crippen LogP contribution in [0.25, 0.3) is 0 Å². The molecule has 1 aliphatic heterocycles. The first-order valence-electron chi connectivity index (χ1n) is 5.99. The zero-order chi connectivity index (χ0) is 13.3. The molecule has 0 aromatic heterocycles. The maximum absolute atomic E-state index is 13.3. The predicted molar refractivity (Wildman–Crippen MR) is 69.1 cm³/mol. The quantitative estimate of drug-likeness (QED) is 0.851. The lowest BCUT2D eigenvalue weighted by molar-refractivity contribution is 0.0663. The number of benzene rings is 1. The van der Waals surface area contributed by atoms with Crippen molar-refractivity contribution < 1.29 is 9.18 Å². The number of likely N-dealkylation sites (tertiary alicyclic amines) is 1. The van der Waals surface area contributed by atoms with E-state index in [9.17, 15) is 9.18 Å². The lowest BCUT2D eigenvalue weighted by Crippen LogP contribution is -2.48. The van der Waals surface area contributed by atoms with E-state index < -0.39 is 5.82 Å². The summed E-state index contributed by atoms with van der Waals surface area (Å²) in [6.45, 7) is 3.26. The van der Waals surface area contributed by atoms with Gasteiger partial charge in [-0.05, 0) is 30.5 Å². The molecule has 0 bridgehead atoms. The van der Waals surface area contributed by atoms with Gasteiger partial charge in [0.1, 0.15) is 5.82 Å². The molecule has 0 saturated carbocycles. The normalized spacial score (nSPS) is 24.1. The Morgan fingerprint density at radius 2 is 2.28 bits per heavy atom. The Hall–Kier alpha value is -1.13. The Kier molecular flexibility index (Phi) is 3.88. The van der Waals surface area contributed by atoms with E-state index in [1.54, 1.807) is 11.0 Å². The average Bonchev–Trinajstić information content (AvgIpc) is 2.35. The van der Waals surface area contributed by atoms with Crippen molar-refractivity contribution in [2.75, 3.05) is 13.1 Å². The summed E-state index contributed by atoms with van der Waals surface area (Å²) in [5.41, 5.74) is 6.24. The lowest BCUT2D eigenvalue weighted by Gasteiger charge is -2.35. The number of nitrogens with zero attached hydrogens (tertiary/aromatic N) is 1. The fourth-order valence-corrected chi connectivity index (χ4v) is 2.28. The summed E-state index contributed by atoms with van der Waals surface area (Å²) in [5, 5.41) is 0.0283. The topological polar surface area (TPSA) is 46.3 Å². The Bertz CT molecular complexity index is 466. The van der Waals surface area contributed by atoms with Gasteiger partial charge in [0.05, 0.1) is 5.02 Å². The van der Waals surface area contributed by atoms with Crippen LogP contribution >= 0.6 is 11.6 Å². The molecule has 1 amide bonds. The SMILES string of the molecule is CC1CN(C(=O)c2ccc(Cl)c(F)c2)CCC1N.